The number of benzene rings is 1. The fourth-order valence-corrected chi connectivity index (χ4v) is 1.25. The third kappa shape index (κ3) is 1.16. The Morgan fingerprint density at radius 3 is 3.08 bits per heavy atom. The Hall–Kier alpha value is -1.44. The summed E-state index contributed by atoms with van der Waals surface area (Å²) >= 11 is 0. The lowest BCUT2D eigenvalue weighted by Gasteiger charge is -1.98. The van der Waals surface area contributed by atoms with Crippen molar-refractivity contribution in [1.29, 1.82) is 0 Å². The SMILES string of the molecule is CCc1ccc2ncncc2c1. The Balaban J connectivity index is 2.67. The molecule has 0 saturated heterocycles. The zero-order valence-electron chi connectivity index (χ0n) is 6.99. The average Bonchev–Trinajstić information content (AvgIpc) is 2.17. The van der Waals surface area contributed by atoms with E-state index in [2.05, 4.69) is 29.0 Å². The van der Waals surface area contributed by atoms with Crippen molar-refractivity contribution in [1.82, 2.24) is 9.97 Å². The summed E-state index contributed by atoms with van der Waals surface area (Å²) in [5.74, 6) is 0. The van der Waals surface area contributed by atoms with E-state index in [1.165, 1.54) is 5.56 Å². The summed E-state index contributed by atoms with van der Waals surface area (Å²) in [5, 5.41) is 1.12. The highest BCUT2D eigenvalue weighted by molar-refractivity contribution is 5.77. The molecule has 2 heteroatoms. The van der Waals surface area contributed by atoms with E-state index in [4.69, 9.17) is 0 Å². The van der Waals surface area contributed by atoms with Crippen LogP contribution in [0.25, 0.3) is 10.9 Å². The fourth-order valence-electron chi connectivity index (χ4n) is 1.25. The minimum absolute atomic E-state index is 1.02. The maximum atomic E-state index is 4.15. The van der Waals surface area contributed by atoms with Crippen LogP contribution in [0, 0.1) is 0 Å². The molecule has 0 spiro atoms. The van der Waals surface area contributed by atoms with E-state index in [0.29, 0.717) is 0 Å². The van der Waals surface area contributed by atoms with Gasteiger partial charge in [0.15, 0.2) is 0 Å². The van der Waals surface area contributed by atoms with Crippen molar-refractivity contribution in [3.63, 3.8) is 0 Å². The monoisotopic (exact) mass is 158 g/mol. The van der Waals surface area contributed by atoms with Crippen molar-refractivity contribution in [3.8, 4) is 0 Å². The summed E-state index contributed by atoms with van der Waals surface area (Å²) in [4.78, 5) is 8.12. The molecule has 1 heterocycles. The Morgan fingerprint density at radius 1 is 1.33 bits per heavy atom. The van der Waals surface area contributed by atoms with Crippen LogP contribution in [0.4, 0.5) is 0 Å². The van der Waals surface area contributed by atoms with Gasteiger partial charge in [0.05, 0.1) is 5.52 Å². The summed E-state index contributed by atoms with van der Waals surface area (Å²) in [6.07, 6.45) is 4.49. The maximum absolute atomic E-state index is 4.15. The van der Waals surface area contributed by atoms with Crippen LogP contribution in [0.3, 0.4) is 0 Å². The number of aromatic nitrogens is 2. The topological polar surface area (TPSA) is 25.8 Å². The third-order valence-corrected chi connectivity index (χ3v) is 1.98. The van der Waals surface area contributed by atoms with Crippen LogP contribution in [0.2, 0.25) is 0 Å². The highest BCUT2D eigenvalue weighted by atomic mass is 14.8. The number of hydrogen-bond acceptors (Lipinski definition) is 2. The Labute approximate surface area is 71.3 Å². The second kappa shape index (κ2) is 2.89. The summed E-state index contributed by atoms with van der Waals surface area (Å²) in [7, 11) is 0. The molecule has 0 bridgehead atoms. The van der Waals surface area contributed by atoms with Gasteiger partial charge in [0.1, 0.15) is 6.33 Å². The largest absolute Gasteiger partial charge is 0.244 e. The van der Waals surface area contributed by atoms with Gasteiger partial charge in [0.2, 0.25) is 0 Å². The normalized spacial score (nSPS) is 10.4. The molecule has 2 rings (SSSR count). The predicted molar refractivity (Wildman–Crippen MR) is 48.9 cm³/mol. The van der Waals surface area contributed by atoms with E-state index < -0.39 is 0 Å². The van der Waals surface area contributed by atoms with Gasteiger partial charge in [-0.15, -0.1) is 0 Å². The lowest BCUT2D eigenvalue weighted by Crippen LogP contribution is -1.83. The minimum atomic E-state index is 1.02. The van der Waals surface area contributed by atoms with Gasteiger partial charge < -0.3 is 0 Å². The van der Waals surface area contributed by atoms with E-state index in [1.807, 2.05) is 12.3 Å². The summed E-state index contributed by atoms with van der Waals surface area (Å²) in [6.45, 7) is 2.14. The summed E-state index contributed by atoms with van der Waals surface area (Å²) in [6, 6.07) is 6.28. The number of aryl methyl sites for hydroxylation is 1. The molecule has 2 aromatic rings. The van der Waals surface area contributed by atoms with Crippen molar-refractivity contribution in [2.24, 2.45) is 0 Å². The smallest absolute Gasteiger partial charge is 0.116 e. The molecule has 0 aliphatic rings. The molecule has 0 aliphatic heterocycles. The van der Waals surface area contributed by atoms with Gasteiger partial charge in [-0.25, -0.2) is 9.97 Å². The van der Waals surface area contributed by atoms with Crippen molar-refractivity contribution in [2.45, 2.75) is 13.3 Å². The Bertz CT molecular complexity index is 396. The average molecular weight is 158 g/mol. The molecule has 0 saturated carbocycles. The van der Waals surface area contributed by atoms with Gasteiger partial charge in [0.25, 0.3) is 0 Å². The van der Waals surface area contributed by atoms with E-state index in [1.54, 1.807) is 6.33 Å². The molecular weight excluding hydrogens is 148 g/mol. The van der Waals surface area contributed by atoms with Crippen molar-refractivity contribution in [3.05, 3.63) is 36.3 Å². The van der Waals surface area contributed by atoms with Crippen LogP contribution >= 0.6 is 0 Å². The van der Waals surface area contributed by atoms with Gasteiger partial charge in [0, 0.05) is 11.6 Å². The van der Waals surface area contributed by atoms with E-state index >= 15 is 0 Å². The quantitative estimate of drug-likeness (QED) is 0.635. The lowest BCUT2D eigenvalue weighted by atomic mass is 10.1. The number of fused-ring (bicyclic) bond motifs is 1. The Morgan fingerprint density at radius 2 is 2.25 bits per heavy atom. The van der Waals surface area contributed by atoms with Gasteiger partial charge >= 0.3 is 0 Å². The van der Waals surface area contributed by atoms with Crippen LogP contribution in [-0.2, 0) is 6.42 Å². The number of hydrogen-bond donors (Lipinski definition) is 0. The molecular formula is C10H10N2. The molecule has 60 valence electrons. The molecule has 2 nitrogen and oxygen atoms in total. The van der Waals surface area contributed by atoms with Gasteiger partial charge in [-0.3, -0.25) is 0 Å². The van der Waals surface area contributed by atoms with Crippen LogP contribution in [0.5, 0.6) is 0 Å². The first-order chi connectivity index (χ1) is 5.90. The molecule has 0 fully saturated rings. The second-order valence-electron chi connectivity index (χ2n) is 2.77. The van der Waals surface area contributed by atoms with Crippen LogP contribution in [0.1, 0.15) is 12.5 Å². The number of rotatable bonds is 1. The van der Waals surface area contributed by atoms with E-state index in [9.17, 15) is 0 Å². The van der Waals surface area contributed by atoms with Gasteiger partial charge in [-0.05, 0) is 24.1 Å². The number of nitrogens with zero attached hydrogens (tertiary/aromatic N) is 2. The summed E-state index contributed by atoms with van der Waals surface area (Å²) in [5.41, 5.74) is 2.35. The zero-order valence-corrected chi connectivity index (χ0v) is 6.99. The standard InChI is InChI=1S/C10H10N2/c1-2-8-3-4-10-9(5-8)6-11-7-12-10/h3-7H,2H2,1H3. The molecule has 1 aromatic heterocycles. The Kier molecular flexibility index (Phi) is 1.74. The minimum Gasteiger partial charge on any atom is -0.244 e. The molecule has 0 aliphatic carbocycles. The van der Waals surface area contributed by atoms with Crippen molar-refractivity contribution in [2.75, 3.05) is 0 Å². The fraction of sp³-hybridized carbons (Fsp3) is 0.200. The van der Waals surface area contributed by atoms with Crippen LogP contribution in [0.15, 0.2) is 30.7 Å². The molecule has 1 aromatic carbocycles. The van der Waals surface area contributed by atoms with Gasteiger partial charge in [-0.2, -0.15) is 0 Å². The second-order valence-corrected chi connectivity index (χ2v) is 2.77. The van der Waals surface area contributed by atoms with Crippen molar-refractivity contribution >= 4 is 10.9 Å². The third-order valence-electron chi connectivity index (χ3n) is 1.98. The maximum Gasteiger partial charge on any atom is 0.116 e. The zero-order chi connectivity index (χ0) is 8.39. The van der Waals surface area contributed by atoms with Crippen molar-refractivity contribution < 1.29 is 0 Å². The molecule has 0 amide bonds. The molecule has 0 unspecified atom stereocenters. The lowest BCUT2D eigenvalue weighted by molar-refractivity contribution is 1.14. The first-order valence-electron chi connectivity index (χ1n) is 4.09. The first-order valence-corrected chi connectivity index (χ1v) is 4.09. The van der Waals surface area contributed by atoms with E-state index in [0.717, 1.165) is 17.3 Å². The molecule has 0 N–H and O–H groups in total. The van der Waals surface area contributed by atoms with Crippen LogP contribution in [-0.4, -0.2) is 9.97 Å². The molecule has 12 heavy (non-hydrogen) atoms. The highest BCUT2D eigenvalue weighted by Crippen LogP contribution is 2.12. The molecule has 0 radical (unpaired) electrons. The predicted octanol–water partition coefficient (Wildman–Crippen LogP) is 2.19. The summed E-state index contributed by atoms with van der Waals surface area (Å²) < 4.78 is 0. The molecule has 0 atom stereocenters. The first kappa shape index (κ1) is 7.22. The highest BCUT2D eigenvalue weighted by Gasteiger charge is 1.94. The van der Waals surface area contributed by atoms with Crippen LogP contribution < -0.4 is 0 Å². The van der Waals surface area contributed by atoms with Gasteiger partial charge in [-0.1, -0.05) is 13.0 Å². The van der Waals surface area contributed by atoms with E-state index in [-0.39, 0.29) is 0 Å².